The lowest BCUT2D eigenvalue weighted by Crippen LogP contribution is -2.45. The van der Waals surface area contributed by atoms with E-state index >= 15 is 0 Å². The second kappa shape index (κ2) is 6.23. The maximum Gasteiger partial charge on any atom is 0.0722 e. The predicted octanol–water partition coefficient (Wildman–Crippen LogP) is 3.20. The van der Waals surface area contributed by atoms with Crippen LogP contribution in [0, 0.1) is 0 Å². The van der Waals surface area contributed by atoms with Crippen molar-refractivity contribution in [3.8, 4) is 0 Å². The van der Waals surface area contributed by atoms with E-state index in [9.17, 15) is 0 Å². The molecule has 0 spiro atoms. The van der Waals surface area contributed by atoms with Gasteiger partial charge in [0.05, 0.1) is 5.52 Å². The molecular weight excluding hydrogens is 246 g/mol. The summed E-state index contributed by atoms with van der Waals surface area (Å²) in [5, 5.41) is 4.78. The quantitative estimate of drug-likeness (QED) is 0.924. The lowest BCUT2D eigenvalue weighted by molar-refractivity contribution is 0.440. The molecule has 1 aromatic carbocycles. The number of fused-ring (bicyclic) bond motifs is 1. The molecule has 1 aromatic heterocycles. The highest BCUT2D eigenvalue weighted by atomic mass is 15.2. The van der Waals surface area contributed by atoms with Gasteiger partial charge in [-0.25, -0.2) is 0 Å². The average molecular weight is 269 g/mol. The van der Waals surface area contributed by atoms with E-state index in [0.717, 1.165) is 25.2 Å². The molecule has 3 nitrogen and oxygen atoms in total. The van der Waals surface area contributed by atoms with Crippen LogP contribution in [0.25, 0.3) is 10.9 Å². The van der Waals surface area contributed by atoms with Gasteiger partial charge in [0.1, 0.15) is 0 Å². The van der Waals surface area contributed by atoms with Crippen molar-refractivity contribution in [1.82, 2.24) is 10.3 Å². The zero-order valence-corrected chi connectivity index (χ0v) is 12.2. The van der Waals surface area contributed by atoms with Crippen LogP contribution in [0.1, 0.15) is 26.2 Å². The summed E-state index contributed by atoms with van der Waals surface area (Å²) in [6.07, 6.45) is 5.86. The third-order valence-electron chi connectivity index (χ3n) is 4.19. The molecular formula is C17H23N3. The van der Waals surface area contributed by atoms with Crippen LogP contribution in [0.5, 0.6) is 0 Å². The van der Waals surface area contributed by atoms with Crippen LogP contribution in [-0.2, 0) is 0 Å². The number of likely N-dealkylation sites (N-methyl/N-ethyl adjacent to an activating group) is 1. The molecule has 1 aliphatic heterocycles. The lowest BCUT2D eigenvalue weighted by Gasteiger charge is -2.38. The van der Waals surface area contributed by atoms with Crippen molar-refractivity contribution >= 4 is 16.6 Å². The van der Waals surface area contributed by atoms with Crippen molar-refractivity contribution < 1.29 is 0 Å². The Kier molecular flexibility index (Phi) is 4.16. The third-order valence-corrected chi connectivity index (χ3v) is 4.19. The topological polar surface area (TPSA) is 28.2 Å². The number of nitrogens with zero attached hydrogens (tertiary/aromatic N) is 2. The summed E-state index contributed by atoms with van der Waals surface area (Å²) in [5.74, 6) is 0. The molecule has 0 bridgehead atoms. The largest absolute Gasteiger partial charge is 0.367 e. The number of pyridine rings is 1. The maximum absolute atomic E-state index is 4.48. The molecule has 20 heavy (non-hydrogen) atoms. The van der Waals surface area contributed by atoms with Crippen LogP contribution in [0.4, 0.5) is 5.69 Å². The van der Waals surface area contributed by atoms with Crippen molar-refractivity contribution in [2.75, 3.05) is 24.5 Å². The summed E-state index contributed by atoms with van der Waals surface area (Å²) in [7, 11) is 0. The van der Waals surface area contributed by atoms with Crippen molar-refractivity contribution in [3.05, 3.63) is 36.5 Å². The van der Waals surface area contributed by atoms with E-state index in [0.29, 0.717) is 6.04 Å². The average Bonchev–Trinajstić information content (AvgIpc) is 2.53. The van der Waals surface area contributed by atoms with Crippen LogP contribution in [0.3, 0.4) is 0 Å². The summed E-state index contributed by atoms with van der Waals surface area (Å²) >= 11 is 0. The Labute approximate surface area is 121 Å². The first-order valence-electron chi connectivity index (χ1n) is 7.71. The number of rotatable bonds is 4. The molecule has 1 atom stereocenters. The summed E-state index contributed by atoms with van der Waals surface area (Å²) in [4.78, 5) is 7.06. The van der Waals surface area contributed by atoms with Crippen LogP contribution in [-0.4, -0.2) is 30.7 Å². The van der Waals surface area contributed by atoms with Gasteiger partial charge >= 0.3 is 0 Å². The molecule has 2 heterocycles. The second-order valence-corrected chi connectivity index (χ2v) is 5.50. The van der Waals surface area contributed by atoms with Gasteiger partial charge in [-0.05, 0) is 37.9 Å². The molecule has 0 saturated carbocycles. The molecule has 2 aromatic rings. The number of para-hydroxylation sites is 1. The summed E-state index contributed by atoms with van der Waals surface area (Å²) < 4.78 is 0. The number of aromatic nitrogens is 1. The van der Waals surface area contributed by atoms with Crippen molar-refractivity contribution in [1.29, 1.82) is 0 Å². The normalized spacial score (nSPS) is 19.4. The van der Waals surface area contributed by atoms with E-state index in [1.807, 2.05) is 6.20 Å². The van der Waals surface area contributed by atoms with Gasteiger partial charge in [-0.3, -0.25) is 4.98 Å². The molecule has 0 radical (unpaired) electrons. The first-order valence-corrected chi connectivity index (χ1v) is 7.71. The monoisotopic (exact) mass is 269 g/mol. The summed E-state index contributed by atoms with van der Waals surface area (Å²) in [6.45, 7) is 5.45. The fourth-order valence-corrected chi connectivity index (χ4v) is 3.17. The number of piperidine rings is 1. The van der Waals surface area contributed by atoms with E-state index in [2.05, 4.69) is 52.5 Å². The molecule has 3 rings (SSSR count). The number of anilines is 1. The Morgan fingerprint density at radius 1 is 1.25 bits per heavy atom. The van der Waals surface area contributed by atoms with Crippen molar-refractivity contribution in [3.63, 3.8) is 0 Å². The smallest absolute Gasteiger partial charge is 0.0722 e. The van der Waals surface area contributed by atoms with Gasteiger partial charge in [0, 0.05) is 36.4 Å². The second-order valence-electron chi connectivity index (χ2n) is 5.50. The Hall–Kier alpha value is -1.61. The predicted molar refractivity (Wildman–Crippen MR) is 85.3 cm³/mol. The number of nitrogens with one attached hydrogen (secondary N) is 1. The fourth-order valence-electron chi connectivity index (χ4n) is 3.17. The van der Waals surface area contributed by atoms with Gasteiger partial charge in [-0.2, -0.15) is 0 Å². The highest BCUT2D eigenvalue weighted by molar-refractivity contribution is 5.91. The number of benzene rings is 1. The molecule has 1 N–H and O–H groups in total. The van der Waals surface area contributed by atoms with Gasteiger partial charge < -0.3 is 10.2 Å². The van der Waals surface area contributed by atoms with Crippen LogP contribution in [0.15, 0.2) is 36.5 Å². The van der Waals surface area contributed by atoms with E-state index in [1.54, 1.807) is 0 Å². The zero-order chi connectivity index (χ0) is 13.8. The SMILES string of the molecule is CCNCC1CCCCN1c1ccnc2ccccc12. The van der Waals surface area contributed by atoms with Crippen LogP contribution in [0.2, 0.25) is 0 Å². The number of hydrogen-bond donors (Lipinski definition) is 1. The third kappa shape index (κ3) is 2.63. The standard InChI is InChI=1S/C17H23N3/c1-2-18-13-14-7-5-6-12-20(14)17-10-11-19-16-9-4-3-8-15(16)17/h3-4,8-11,14,18H,2,5-7,12-13H2,1H3. The molecule has 1 saturated heterocycles. The zero-order valence-electron chi connectivity index (χ0n) is 12.2. The molecule has 106 valence electrons. The maximum atomic E-state index is 4.48. The Morgan fingerprint density at radius 3 is 3.05 bits per heavy atom. The summed E-state index contributed by atoms with van der Waals surface area (Å²) in [5.41, 5.74) is 2.44. The van der Waals surface area contributed by atoms with E-state index < -0.39 is 0 Å². The minimum atomic E-state index is 0.606. The van der Waals surface area contributed by atoms with E-state index in [4.69, 9.17) is 0 Å². The first kappa shape index (κ1) is 13.4. The highest BCUT2D eigenvalue weighted by Gasteiger charge is 2.23. The molecule has 1 aliphatic rings. The van der Waals surface area contributed by atoms with Gasteiger partial charge in [0.25, 0.3) is 0 Å². The molecule has 1 fully saturated rings. The van der Waals surface area contributed by atoms with Gasteiger partial charge in [0.2, 0.25) is 0 Å². The van der Waals surface area contributed by atoms with Gasteiger partial charge in [0.15, 0.2) is 0 Å². The molecule has 0 amide bonds. The minimum Gasteiger partial charge on any atom is -0.367 e. The van der Waals surface area contributed by atoms with Crippen molar-refractivity contribution in [2.45, 2.75) is 32.2 Å². The first-order chi connectivity index (χ1) is 9.90. The Bertz CT molecular complexity index is 562. The Morgan fingerprint density at radius 2 is 2.15 bits per heavy atom. The Balaban J connectivity index is 1.95. The van der Waals surface area contributed by atoms with Crippen LogP contribution < -0.4 is 10.2 Å². The molecule has 3 heteroatoms. The molecule has 0 aliphatic carbocycles. The highest BCUT2D eigenvalue weighted by Crippen LogP contribution is 2.30. The van der Waals surface area contributed by atoms with Gasteiger partial charge in [-0.15, -0.1) is 0 Å². The van der Waals surface area contributed by atoms with E-state index in [1.165, 1.54) is 30.3 Å². The lowest BCUT2D eigenvalue weighted by atomic mass is 10.00. The minimum absolute atomic E-state index is 0.606. The van der Waals surface area contributed by atoms with E-state index in [-0.39, 0.29) is 0 Å². The van der Waals surface area contributed by atoms with Crippen LogP contribution >= 0.6 is 0 Å². The number of hydrogen-bond acceptors (Lipinski definition) is 3. The van der Waals surface area contributed by atoms with Crippen molar-refractivity contribution in [2.24, 2.45) is 0 Å². The summed E-state index contributed by atoms with van der Waals surface area (Å²) in [6, 6.07) is 11.2. The fraction of sp³-hybridized carbons (Fsp3) is 0.471. The van der Waals surface area contributed by atoms with Gasteiger partial charge in [-0.1, -0.05) is 25.1 Å². The molecule has 1 unspecified atom stereocenters.